The number of fused-ring (bicyclic) bond motifs is 1. The van der Waals surface area contributed by atoms with Crippen molar-refractivity contribution < 1.29 is 0 Å². The fourth-order valence-corrected chi connectivity index (χ4v) is 3.12. The van der Waals surface area contributed by atoms with Crippen LogP contribution in [0, 0.1) is 0 Å². The molecule has 2 N–H and O–H groups in total. The number of hydrogen-bond acceptors (Lipinski definition) is 3. The standard InChI is InChI=1S/C14H19N3S/c15-13(18)11-9-10-5-1-2-6-12(10)16-14(11)17-7-3-4-8-17/h9H,1-8H2,(H2,15,18). The predicted molar refractivity (Wildman–Crippen MR) is 78.2 cm³/mol. The third-order valence-electron chi connectivity index (χ3n) is 3.95. The molecule has 2 aliphatic rings. The van der Waals surface area contributed by atoms with E-state index in [-0.39, 0.29) is 0 Å². The summed E-state index contributed by atoms with van der Waals surface area (Å²) in [4.78, 5) is 7.70. The van der Waals surface area contributed by atoms with Crippen LogP contribution in [0.5, 0.6) is 0 Å². The van der Waals surface area contributed by atoms with Crippen LogP contribution in [-0.4, -0.2) is 23.1 Å². The number of aryl methyl sites for hydroxylation is 2. The van der Waals surface area contributed by atoms with Crippen LogP contribution >= 0.6 is 12.2 Å². The summed E-state index contributed by atoms with van der Waals surface area (Å²) in [6, 6.07) is 2.19. The van der Waals surface area contributed by atoms with Crippen molar-refractivity contribution in [3.05, 3.63) is 22.9 Å². The van der Waals surface area contributed by atoms with E-state index in [1.807, 2.05) is 0 Å². The van der Waals surface area contributed by atoms with Crippen molar-refractivity contribution >= 4 is 23.0 Å². The Balaban J connectivity index is 2.06. The molecular weight excluding hydrogens is 242 g/mol. The van der Waals surface area contributed by atoms with Gasteiger partial charge in [0.05, 0.1) is 5.56 Å². The third-order valence-corrected chi connectivity index (χ3v) is 4.17. The van der Waals surface area contributed by atoms with Gasteiger partial charge in [-0.15, -0.1) is 0 Å². The van der Waals surface area contributed by atoms with E-state index in [0.717, 1.165) is 37.3 Å². The zero-order valence-electron chi connectivity index (χ0n) is 10.6. The van der Waals surface area contributed by atoms with Crippen LogP contribution in [0.4, 0.5) is 5.82 Å². The van der Waals surface area contributed by atoms with E-state index in [9.17, 15) is 0 Å². The summed E-state index contributed by atoms with van der Waals surface area (Å²) in [6.45, 7) is 2.17. The average Bonchev–Trinajstić information content (AvgIpc) is 2.91. The van der Waals surface area contributed by atoms with Crippen molar-refractivity contribution in [2.75, 3.05) is 18.0 Å². The molecule has 0 amide bonds. The van der Waals surface area contributed by atoms with Gasteiger partial charge >= 0.3 is 0 Å². The van der Waals surface area contributed by atoms with Crippen LogP contribution in [-0.2, 0) is 12.8 Å². The molecule has 1 aromatic rings. The molecular formula is C14H19N3S. The average molecular weight is 261 g/mol. The summed E-state index contributed by atoms with van der Waals surface area (Å²) in [6.07, 6.45) is 7.23. The summed E-state index contributed by atoms with van der Waals surface area (Å²) in [5, 5.41) is 0. The molecule has 0 atom stereocenters. The molecule has 3 rings (SSSR count). The lowest BCUT2D eigenvalue weighted by Gasteiger charge is -2.24. The van der Waals surface area contributed by atoms with Gasteiger partial charge in [-0.2, -0.15) is 0 Å². The number of nitrogens with zero attached hydrogens (tertiary/aromatic N) is 2. The highest BCUT2D eigenvalue weighted by atomic mass is 32.1. The number of rotatable bonds is 2. The molecule has 3 nitrogen and oxygen atoms in total. The van der Waals surface area contributed by atoms with Gasteiger partial charge in [-0.25, -0.2) is 4.98 Å². The minimum absolute atomic E-state index is 0.484. The lowest BCUT2D eigenvalue weighted by Crippen LogP contribution is -2.25. The first-order chi connectivity index (χ1) is 8.75. The fraction of sp³-hybridized carbons (Fsp3) is 0.571. The second-order valence-corrected chi connectivity index (χ2v) is 5.67. The Hall–Kier alpha value is -1.16. The van der Waals surface area contributed by atoms with E-state index >= 15 is 0 Å². The Morgan fingerprint density at radius 1 is 1.17 bits per heavy atom. The SMILES string of the molecule is NC(=S)c1cc2c(nc1N1CCCC1)CCCC2. The molecule has 0 bridgehead atoms. The zero-order valence-corrected chi connectivity index (χ0v) is 11.4. The Morgan fingerprint density at radius 2 is 1.89 bits per heavy atom. The largest absolute Gasteiger partial charge is 0.389 e. The number of anilines is 1. The van der Waals surface area contributed by atoms with Crippen molar-refractivity contribution in [2.45, 2.75) is 38.5 Å². The second-order valence-electron chi connectivity index (χ2n) is 5.23. The minimum Gasteiger partial charge on any atom is -0.389 e. The number of aromatic nitrogens is 1. The summed E-state index contributed by atoms with van der Waals surface area (Å²) in [5.74, 6) is 1.03. The maximum atomic E-state index is 5.88. The van der Waals surface area contributed by atoms with E-state index in [1.165, 1.54) is 36.9 Å². The van der Waals surface area contributed by atoms with E-state index in [0.29, 0.717) is 4.99 Å². The first kappa shape index (κ1) is 11.9. The van der Waals surface area contributed by atoms with Crippen LogP contribution < -0.4 is 10.6 Å². The molecule has 1 aliphatic carbocycles. The Morgan fingerprint density at radius 3 is 2.61 bits per heavy atom. The molecule has 0 unspecified atom stereocenters. The highest BCUT2D eigenvalue weighted by Crippen LogP contribution is 2.28. The van der Waals surface area contributed by atoms with Gasteiger partial charge in [-0.3, -0.25) is 0 Å². The third kappa shape index (κ3) is 2.09. The van der Waals surface area contributed by atoms with E-state index in [2.05, 4.69) is 11.0 Å². The maximum absolute atomic E-state index is 5.88. The number of hydrogen-bond donors (Lipinski definition) is 1. The van der Waals surface area contributed by atoms with Crippen molar-refractivity contribution in [1.29, 1.82) is 0 Å². The first-order valence-corrected chi connectivity index (χ1v) is 7.24. The normalized spacial score (nSPS) is 18.8. The van der Waals surface area contributed by atoms with Gasteiger partial charge in [-0.05, 0) is 50.2 Å². The van der Waals surface area contributed by atoms with Crippen molar-refractivity contribution in [3.8, 4) is 0 Å². The zero-order chi connectivity index (χ0) is 12.5. The molecule has 0 aromatic carbocycles. The number of pyridine rings is 1. The molecule has 1 aliphatic heterocycles. The summed E-state index contributed by atoms with van der Waals surface area (Å²) >= 11 is 5.20. The number of thiocarbonyl (C=S) groups is 1. The Labute approximate surface area is 113 Å². The van der Waals surface area contributed by atoms with Gasteiger partial charge in [0.2, 0.25) is 0 Å². The fourth-order valence-electron chi connectivity index (χ4n) is 2.97. The van der Waals surface area contributed by atoms with Gasteiger partial charge in [0.1, 0.15) is 10.8 Å². The van der Waals surface area contributed by atoms with Crippen LogP contribution in [0.25, 0.3) is 0 Å². The molecule has 1 aromatic heterocycles. The van der Waals surface area contributed by atoms with Gasteiger partial charge in [-0.1, -0.05) is 12.2 Å². The quantitative estimate of drug-likeness (QED) is 0.829. The van der Waals surface area contributed by atoms with Crippen LogP contribution in [0.15, 0.2) is 6.07 Å². The second kappa shape index (κ2) is 4.84. The molecule has 1 saturated heterocycles. The maximum Gasteiger partial charge on any atom is 0.139 e. The monoisotopic (exact) mass is 261 g/mol. The lowest BCUT2D eigenvalue weighted by molar-refractivity contribution is 0.666. The summed E-state index contributed by atoms with van der Waals surface area (Å²) in [5.41, 5.74) is 9.48. The Kier molecular flexibility index (Phi) is 3.20. The lowest BCUT2D eigenvalue weighted by atomic mass is 9.94. The first-order valence-electron chi connectivity index (χ1n) is 6.83. The van der Waals surface area contributed by atoms with Crippen LogP contribution in [0.2, 0.25) is 0 Å². The molecule has 2 heterocycles. The van der Waals surface area contributed by atoms with Gasteiger partial charge < -0.3 is 10.6 Å². The topological polar surface area (TPSA) is 42.1 Å². The number of nitrogens with two attached hydrogens (primary N) is 1. The van der Waals surface area contributed by atoms with Crippen molar-refractivity contribution in [1.82, 2.24) is 4.98 Å². The molecule has 96 valence electrons. The van der Waals surface area contributed by atoms with Crippen LogP contribution in [0.1, 0.15) is 42.5 Å². The molecule has 1 fully saturated rings. The van der Waals surface area contributed by atoms with Crippen molar-refractivity contribution in [3.63, 3.8) is 0 Å². The molecule has 0 radical (unpaired) electrons. The smallest absolute Gasteiger partial charge is 0.139 e. The van der Waals surface area contributed by atoms with Gasteiger partial charge in [0.15, 0.2) is 0 Å². The molecule has 4 heteroatoms. The summed E-state index contributed by atoms with van der Waals surface area (Å²) < 4.78 is 0. The van der Waals surface area contributed by atoms with Gasteiger partial charge in [0.25, 0.3) is 0 Å². The van der Waals surface area contributed by atoms with Crippen molar-refractivity contribution in [2.24, 2.45) is 5.73 Å². The van der Waals surface area contributed by atoms with Gasteiger partial charge in [0, 0.05) is 18.8 Å². The van der Waals surface area contributed by atoms with E-state index < -0.39 is 0 Å². The minimum atomic E-state index is 0.484. The highest BCUT2D eigenvalue weighted by molar-refractivity contribution is 7.80. The Bertz CT molecular complexity index is 478. The van der Waals surface area contributed by atoms with Crippen LogP contribution in [0.3, 0.4) is 0 Å². The molecule has 18 heavy (non-hydrogen) atoms. The molecule has 0 saturated carbocycles. The molecule has 0 spiro atoms. The highest BCUT2D eigenvalue weighted by Gasteiger charge is 2.22. The predicted octanol–water partition coefficient (Wildman–Crippen LogP) is 2.19. The van der Waals surface area contributed by atoms with E-state index in [1.54, 1.807) is 0 Å². The van der Waals surface area contributed by atoms with E-state index in [4.69, 9.17) is 22.9 Å². The summed E-state index contributed by atoms with van der Waals surface area (Å²) in [7, 11) is 0.